The van der Waals surface area contributed by atoms with Crippen molar-refractivity contribution in [2.24, 2.45) is 4.99 Å². The summed E-state index contributed by atoms with van der Waals surface area (Å²) in [5, 5.41) is 0. The van der Waals surface area contributed by atoms with E-state index in [9.17, 15) is 0 Å². The number of ether oxygens (including phenoxy) is 1. The molecule has 3 heteroatoms. The number of benzene rings is 3. The van der Waals surface area contributed by atoms with Gasteiger partial charge in [0.05, 0.1) is 5.69 Å². The molecule has 3 rings (SSSR count). The number of para-hydroxylation sites is 2. The quantitative estimate of drug-likeness (QED) is 0.372. The largest absolute Gasteiger partial charge is 0.457 e. The number of halogens is 1. The van der Waals surface area contributed by atoms with E-state index in [-0.39, 0.29) is 0 Å². The number of hydrogen-bond acceptors (Lipinski definition) is 2. The Morgan fingerprint density at radius 1 is 0.913 bits per heavy atom. The van der Waals surface area contributed by atoms with Crippen LogP contribution in [0.4, 0.5) is 5.69 Å². The minimum Gasteiger partial charge on any atom is -0.457 e. The molecule has 3 aromatic rings. The predicted molar refractivity (Wildman–Crippen MR) is 104 cm³/mol. The molecule has 0 N–H and O–H groups in total. The Hall–Kier alpha value is -2.14. The van der Waals surface area contributed by atoms with Crippen LogP contribution in [0.3, 0.4) is 0 Å². The number of rotatable bonds is 4. The third-order valence-electron chi connectivity index (χ3n) is 3.33. The fourth-order valence-corrected chi connectivity index (χ4v) is 2.70. The molecule has 2 nitrogen and oxygen atoms in total. The second-order valence-corrected chi connectivity index (χ2v) is 6.33. The first kappa shape index (κ1) is 15.7. The van der Waals surface area contributed by atoms with Crippen LogP contribution in [0.2, 0.25) is 0 Å². The second kappa shape index (κ2) is 7.42. The van der Waals surface area contributed by atoms with Gasteiger partial charge >= 0.3 is 0 Å². The van der Waals surface area contributed by atoms with Crippen molar-refractivity contribution >= 4 is 34.5 Å². The van der Waals surface area contributed by atoms with E-state index >= 15 is 0 Å². The summed E-state index contributed by atoms with van der Waals surface area (Å²) in [6, 6.07) is 24.0. The molecule has 0 aliphatic rings. The zero-order valence-electron chi connectivity index (χ0n) is 12.7. The maximum atomic E-state index is 5.99. The molecular weight excluding hydrogens is 397 g/mol. The molecule has 0 spiro atoms. The molecule has 0 atom stereocenters. The van der Waals surface area contributed by atoms with Crippen molar-refractivity contribution in [2.75, 3.05) is 0 Å². The lowest BCUT2D eigenvalue weighted by Gasteiger charge is -2.09. The summed E-state index contributed by atoms with van der Waals surface area (Å²) in [5.41, 5.74) is 3.10. The SMILES string of the molecule is Cc1ccc(Oc2ccccc2)c(C=Nc2ccccc2I)c1. The van der Waals surface area contributed by atoms with Crippen LogP contribution < -0.4 is 4.74 Å². The molecule has 0 unspecified atom stereocenters. The molecule has 0 bridgehead atoms. The van der Waals surface area contributed by atoms with Crippen LogP contribution >= 0.6 is 22.6 Å². The zero-order chi connectivity index (χ0) is 16.1. The summed E-state index contributed by atoms with van der Waals surface area (Å²) in [6.07, 6.45) is 1.86. The van der Waals surface area contributed by atoms with Gasteiger partial charge in [0.2, 0.25) is 0 Å². The predicted octanol–water partition coefficient (Wildman–Crippen LogP) is 6.14. The highest BCUT2D eigenvalue weighted by Crippen LogP contribution is 2.26. The van der Waals surface area contributed by atoms with Gasteiger partial charge < -0.3 is 4.74 Å². The highest BCUT2D eigenvalue weighted by molar-refractivity contribution is 14.1. The van der Waals surface area contributed by atoms with Crippen LogP contribution in [-0.2, 0) is 0 Å². The van der Waals surface area contributed by atoms with E-state index in [0.717, 1.165) is 26.3 Å². The van der Waals surface area contributed by atoms with Gasteiger partial charge in [-0.25, -0.2) is 0 Å². The molecule has 0 saturated carbocycles. The third kappa shape index (κ3) is 4.20. The first-order valence-electron chi connectivity index (χ1n) is 7.34. The van der Waals surface area contributed by atoms with Gasteiger partial charge in [0.1, 0.15) is 11.5 Å². The van der Waals surface area contributed by atoms with Gasteiger partial charge in [-0.15, -0.1) is 0 Å². The number of aliphatic imine (C=N–C) groups is 1. The summed E-state index contributed by atoms with van der Waals surface area (Å²) in [7, 11) is 0. The van der Waals surface area contributed by atoms with E-state index in [1.54, 1.807) is 0 Å². The summed E-state index contributed by atoms with van der Waals surface area (Å²) >= 11 is 2.29. The Labute approximate surface area is 150 Å². The van der Waals surface area contributed by atoms with Gasteiger partial charge in [-0.2, -0.15) is 0 Å². The normalized spacial score (nSPS) is 10.9. The zero-order valence-corrected chi connectivity index (χ0v) is 14.9. The average molecular weight is 413 g/mol. The average Bonchev–Trinajstić information content (AvgIpc) is 2.57. The lowest BCUT2D eigenvalue weighted by Crippen LogP contribution is -1.92. The van der Waals surface area contributed by atoms with E-state index < -0.39 is 0 Å². The summed E-state index contributed by atoms with van der Waals surface area (Å²) in [6.45, 7) is 2.07. The highest BCUT2D eigenvalue weighted by Gasteiger charge is 2.04. The van der Waals surface area contributed by atoms with Crippen molar-refractivity contribution in [1.82, 2.24) is 0 Å². The molecule has 0 amide bonds. The van der Waals surface area contributed by atoms with E-state index in [1.165, 1.54) is 5.56 Å². The Kier molecular flexibility index (Phi) is 5.08. The smallest absolute Gasteiger partial charge is 0.136 e. The van der Waals surface area contributed by atoms with Crippen molar-refractivity contribution in [2.45, 2.75) is 6.92 Å². The van der Waals surface area contributed by atoms with Crippen molar-refractivity contribution in [1.29, 1.82) is 0 Å². The Morgan fingerprint density at radius 2 is 1.65 bits per heavy atom. The molecule has 0 saturated heterocycles. The maximum absolute atomic E-state index is 5.99. The van der Waals surface area contributed by atoms with Gasteiger partial charge in [0.25, 0.3) is 0 Å². The molecule has 0 heterocycles. The van der Waals surface area contributed by atoms with Crippen LogP contribution in [-0.4, -0.2) is 6.21 Å². The lowest BCUT2D eigenvalue weighted by atomic mass is 10.1. The Bertz CT molecular complexity index is 828. The van der Waals surface area contributed by atoms with Crippen LogP contribution in [0.25, 0.3) is 0 Å². The first-order valence-corrected chi connectivity index (χ1v) is 8.42. The van der Waals surface area contributed by atoms with Crippen molar-refractivity contribution in [3.05, 3.63) is 87.5 Å². The third-order valence-corrected chi connectivity index (χ3v) is 4.24. The van der Waals surface area contributed by atoms with E-state index in [0.29, 0.717) is 0 Å². The highest BCUT2D eigenvalue weighted by atomic mass is 127. The molecular formula is C20H16INO. The number of aryl methyl sites for hydroxylation is 1. The monoisotopic (exact) mass is 413 g/mol. The van der Waals surface area contributed by atoms with Crippen molar-refractivity contribution in [3.63, 3.8) is 0 Å². The van der Waals surface area contributed by atoms with E-state index in [2.05, 4.69) is 40.6 Å². The standard InChI is InChI=1S/C20H16INO/c1-15-11-12-20(23-17-7-3-2-4-8-17)16(13-15)14-22-19-10-6-5-9-18(19)21/h2-14H,1H3. The number of hydrogen-bond donors (Lipinski definition) is 0. The maximum Gasteiger partial charge on any atom is 0.136 e. The van der Waals surface area contributed by atoms with Gasteiger partial charge in [-0.3, -0.25) is 4.99 Å². The van der Waals surface area contributed by atoms with Gasteiger partial charge in [-0.1, -0.05) is 42.0 Å². The van der Waals surface area contributed by atoms with E-state index in [4.69, 9.17) is 4.74 Å². The van der Waals surface area contributed by atoms with Crippen LogP contribution in [0.15, 0.2) is 77.8 Å². The first-order chi connectivity index (χ1) is 11.2. The summed E-state index contributed by atoms with van der Waals surface area (Å²) in [4.78, 5) is 4.61. The van der Waals surface area contributed by atoms with Crippen LogP contribution in [0, 0.1) is 10.5 Å². The van der Waals surface area contributed by atoms with Gasteiger partial charge in [-0.05, 0) is 65.9 Å². The van der Waals surface area contributed by atoms with Crippen molar-refractivity contribution in [3.8, 4) is 11.5 Å². The molecule has 0 radical (unpaired) electrons. The molecule has 23 heavy (non-hydrogen) atoms. The molecule has 0 aliphatic carbocycles. The lowest BCUT2D eigenvalue weighted by molar-refractivity contribution is 0.482. The molecule has 0 aromatic heterocycles. The molecule has 114 valence electrons. The summed E-state index contributed by atoms with van der Waals surface area (Å²) in [5.74, 6) is 1.62. The van der Waals surface area contributed by atoms with Gasteiger partial charge in [0.15, 0.2) is 0 Å². The summed E-state index contributed by atoms with van der Waals surface area (Å²) < 4.78 is 7.11. The van der Waals surface area contributed by atoms with E-state index in [1.807, 2.05) is 72.9 Å². The van der Waals surface area contributed by atoms with Crippen LogP contribution in [0.1, 0.15) is 11.1 Å². The minimum absolute atomic E-state index is 0.802. The number of nitrogens with zero attached hydrogens (tertiary/aromatic N) is 1. The Morgan fingerprint density at radius 3 is 2.43 bits per heavy atom. The minimum atomic E-state index is 0.802. The van der Waals surface area contributed by atoms with Crippen LogP contribution in [0.5, 0.6) is 11.5 Å². The second-order valence-electron chi connectivity index (χ2n) is 5.17. The fourth-order valence-electron chi connectivity index (χ4n) is 2.17. The molecule has 0 fully saturated rings. The fraction of sp³-hybridized carbons (Fsp3) is 0.0500. The van der Waals surface area contributed by atoms with Gasteiger partial charge in [0, 0.05) is 15.3 Å². The Balaban J connectivity index is 1.92. The molecule has 3 aromatic carbocycles. The van der Waals surface area contributed by atoms with Crippen molar-refractivity contribution < 1.29 is 4.74 Å². The molecule has 0 aliphatic heterocycles. The topological polar surface area (TPSA) is 21.6 Å².